The van der Waals surface area contributed by atoms with Crippen LogP contribution < -0.4 is 4.74 Å². The Bertz CT molecular complexity index is 940. The molecular formula is C15H15FN4O6. The molecule has 0 radical (unpaired) electrons. The van der Waals surface area contributed by atoms with Gasteiger partial charge in [-0.1, -0.05) is 0 Å². The van der Waals surface area contributed by atoms with Crippen LogP contribution in [0.15, 0.2) is 11.1 Å². The first-order chi connectivity index (χ1) is 12.1. The van der Waals surface area contributed by atoms with E-state index in [2.05, 4.69) is 10.1 Å². The first kappa shape index (κ1) is 19.0. The van der Waals surface area contributed by atoms with Crippen LogP contribution in [0.1, 0.15) is 27.7 Å². The number of nitro groups is 1. The molecule has 2 aromatic rings. The Balaban J connectivity index is 2.86. The molecule has 1 aromatic heterocycles. The van der Waals surface area contributed by atoms with Crippen molar-refractivity contribution in [3.63, 3.8) is 0 Å². The fourth-order valence-corrected chi connectivity index (χ4v) is 2.17. The maximum atomic E-state index is 14.9. The molecule has 0 amide bonds. The number of fused-ring (bicyclic) bond motifs is 1. The molecule has 2 rings (SSSR count). The minimum Gasteiger partial charge on any atom is -0.485 e. The topological polar surface area (TPSA) is 126 Å². The van der Waals surface area contributed by atoms with Gasteiger partial charge >= 0.3 is 11.8 Å². The van der Waals surface area contributed by atoms with Crippen molar-refractivity contribution >= 4 is 34.6 Å². The van der Waals surface area contributed by atoms with Gasteiger partial charge in [0.15, 0.2) is 11.6 Å². The van der Waals surface area contributed by atoms with Crippen molar-refractivity contribution in [1.82, 2.24) is 9.78 Å². The van der Waals surface area contributed by atoms with E-state index in [1.807, 2.05) is 0 Å². The molecule has 0 aliphatic rings. The van der Waals surface area contributed by atoms with E-state index >= 15 is 0 Å². The third-order valence-electron chi connectivity index (χ3n) is 3.03. The van der Waals surface area contributed by atoms with E-state index in [1.165, 1.54) is 13.0 Å². The molecule has 0 fully saturated rings. The SMILES string of the molecule is CCOc1c([N+](=O)[O-])cc2c(N=C=O)nn(C(=O)OC(C)(C)C)c2c1F. The second kappa shape index (κ2) is 6.89. The highest BCUT2D eigenvalue weighted by Gasteiger charge is 2.31. The molecule has 0 saturated carbocycles. The second-order valence-corrected chi connectivity index (χ2v) is 6.04. The van der Waals surface area contributed by atoms with Crippen LogP contribution in [0.5, 0.6) is 5.75 Å². The maximum absolute atomic E-state index is 14.9. The zero-order chi connectivity index (χ0) is 19.6. The Labute approximate surface area is 146 Å². The number of carbonyl (C=O) groups excluding carboxylic acids is 2. The smallest absolute Gasteiger partial charge is 0.435 e. The predicted octanol–water partition coefficient (Wildman–Crippen LogP) is 3.23. The lowest BCUT2D eigenvalue weighted by atomic mass is 10.2. The molecule has 0 saturated heterocycles. The summed E-state index contributed by atoms with van der Waals surface area (Å²) in [5.41, 5.74) is -2.06. The number of ether oxygens (including phenoxy) is 2. The molecule has 0 spiro atoms. The van der Waals surface area contributed by atoms with Crippen molar-refractivity contribution in [2.24, 2.45) is 4.99 Å². The number of benzene rings is 1. The lowest BCUT2D eigenvalue weighted by Gasteiger charge is -2.19. The molecule has 11 heteroatoms. The minimum atomic E-state index is -1.19. The van der Waals surface area contributed by atoms with Gasteiger partial charge in [-0.05, 0) is 27.7 Å². The molecule has 0 N–H and O–H groups in total. The van der Waals surface area contributed by atoms with Gasteiger partial charge < -0.3 is 9.47 Å². The first-order valence-corrected chi connectivity index (χ1v) is 7.44. The monoisotopic (exact) mass is 366 g/mol. The van der Waals surface area contributed by atoms with E-state index in [-0.39, 0.29) is 12.0 Å². The van der Waals surface area contributed by atoms with Crippen molar-refractivity contribution in [2.45, 2.75) is 33.3 Å². The average Bonchev–Trinajstić information content (AvgIpc) is 2.87. The molecule has 0 atom stereocenters. The van der Waals surface area contributed by atoms with Gasteiger partial charge in [0.2, 0.25) is 11.8 Å². The molecule has 0 bridgehead atoms. The Morgan fingerprint density at radius 1 is 1.50 bits per heavy atom. The summed E-state index contributed by atoms with van der Waals surface area (Å²) >= 11 is 0. The highest BCUT2D eigenvalue weighted by atomic mass is 19.1. The van der Waals surface area contributed by atoms with Gasteiger partial charge in [-0.25, -0.2) is 14.0 Å². The second-order valence-electron chi connectivity index (χ2n) is 6.04. The molecular weight excluding hydrogens is 351 g/mol. The summed E-state index contributed by atoms with van der Waals surface area (Å²) in [7, 11) is 0. The van der Waals surface area contributed by atoms with Crippen LogP contribution in [0.4, 0.5) is 20.7 Å². The molecule has 10 nitrogen and oxygen atoms in total. The number of nitro benzene ring substituents is 1. The molecule has 0 unspecified atom stereocenters. The number of carbonyl (C=O) groups is 1. The van der Waals surface area contributed by atoms with Gasteiger partial charge in [0.05, 0.1) is 16.9 Å². The Kier molecular flexibility index (Phi) is 5.03. The van der Waals surface area contributed by atoms with Crippen molar-refractivity contribution in [1.29, 1.82) is 0 Å². The number of halogens is 1. The minimum absolute atomic E-state index is 0.0524. The number of rotatable bonds is 4. The van der Waals surface area contributed by atoms with Gasteiger partial charge in [0.1, 0.15) is 11.1 Å². The van der Waals surface area contributed by atoms with Gasteiger partial charge in [0, 0.05) is 6.07 Å². The quantitative estimate of drug-likeness (QED) is 0.352. The summed E-state index contributed by atoms with van der Waals surface area (Å²) in [5, 5.41) is 14.7. The van der Waals surface area contributed by atoms with Crippen LogP contribution in [0.3, 0.4) is 0 Å². The normalized spacial score (nSPS) is 11.1. The lowest BCUT2D eigenvalue weighted by molar-refractivity contribution is -0.385. The maximum Gasteiger partial charge on any atom is 0.435 e. The number of aromatic nitrogens is 2. The summed E-state index contributed by atoms with van der Waals surface area (Å²) in [6.45, 7) is 6.24. The van der Waals surface area contributed by atoms with E-state index in [4.69, 9.17) is 9.47 Å². The van der Waals surface area contributed by atoms with Crippen LogP contribution in [-0.4, -0.2) is 39.1 Å². The molecule has 138 valence electrons. The van der Waals surface area contributed by atoms with E-state index in [0.717, 1.165) is 6.07 Å². The summed E-state index contributed by atoms with van der Waals surface area (Å²) in [5.74, 6) is -2.26. The van der Waals surface area contributed by atoms with Crippen LogP contribution in [-0.2, 0) is 9.53 Å². The predicted molar refractivity (Wildman–Crippen MR) is 86.9 cm³/mol. The van der Waals surface area contributed by atoms with E-state index in [0.29, 0.717) is 4.68 Å². The Morgan fingerprint density at radius 2 is 2.15 bits per heavy atom. The third-order valence-corrected chi connectivity index (χ3v) is 3.03. The summed E-state index contributed by atoms with van der Waals surface area (Å²) < 4.78 is 25.6. The molecule has 1 aromatic carbocycles. The van der Waals surface area contributed by atoms with E-state index in [1.54, 1.807) is 20.8 Å². The van der Waals surface area contributed by atoms with E-state index in [9.17, 15) is 24.1 Å². The van der Waals surface area contributed by atoms with Crippen LogP contribution in [0.2, 0.25) is 0 Å². The molecule has 0 aliphatic carbocycles. The van der Waals surface area contributed by atoms with Gasteiger partial charge in [0.25, 0.3) is 0 Å². The van der Waals surface area contributed by atoms with Crippen molar-refractivity contribution in [3.05, 3.63) is 22.0 Å². The zero-order valence-electron chi connectivity index (χ0n) is 14.4. The first-order valence-electron chi connectivity index (χ1n) is 7.44. The summed E-state index contributed by atoms with van der Waals surface area (Å²) in [6.07, 6.45) is 0.157. The average molecular weight is 366 g/mol. The fourth-order valence-electron chi connectivity index (χ4n) is 2.17. The number of isocyanates is 1. The van der Waals surface area contributed by atoms with Crippen LogP contribution in [0.25, 0.3) is 10.9 Å². The zero-order valence-corrected chi connectivity index (χ0v) is 14.4. The van der Waals surface area contributed by atoms with Crippen molar-refractivity contribution in [2.75, 3.05) is 6.61 Å². The standard InChI is InChI=1S/C15H15FN4O6/c1-5-25-12-9(20(23)24)6-8-11(10(12)16)19(18-13(8)17-7-21)14(22)26-15(2,3)4/h6H,5H2,1-4H3. The number of nitrogens with zero attached hydrogens (tertiary/aromatic N) is 4. The summed E-state index contributed by atoms with van der Waals surface area (Å²) in [6, 6.07) is 0.924. The lowest BCUT2D eigenvalue weighted by Crippen LogP contribution is -2.28. The molecule has 1 heterocycles. The van der Waals surface area contributed by atoms with Crippen LogP contribution >= 0.6 is 0 Å². The molecule has 0 aliphatic heterocycles. The number of aliphatic imine (C=N–C) groups is 1. The summed E-state index contributed by atoms with van der Waals surface area (Å²) in [4.78, 5) is 36.6. The highest BCUT2D eigenvalue weighted by molar-refractivity contribution is 5.98. The van der Waals surface area contributed by atoms with Gasteiger partial charge in [-0.15, -0.1) is 10.1 Å². The third kappa shape index (κ3) is 3.52. The van der Waals surface area contributed by atoms with E-state index < -0.39 is 45.2 Å². The Morgan fingerprint density at radius 3 is 2.65 bits per heavy atom. The largest absolute Gasteiger partial charge is 0.485 e. The number of hydrogen-bond acceptors (Lipinski definition) is 8. The van der Waals surface area contributed by atoms with Gasteiger partial charge in [-0.2, -0.15) is 4.68 Å². The number of hydrogen-bond donors (Lipinski definition) is 0. The van der Waals surface area contributed by atoms with Gasteiger partial charge in [-0.3, -0.25) is 10.1 Å². The van der Waals surface area contributed by atoms with Crippen molar-refractivity contribution in [3.8, 4) is 5.75 Å². The molecule has 26 heavy (non-hydrogen) atoms. The van der Waals surface area contributed by atoms with Crippen LogP contribution in [0, 0.1) is 15.9 Å². The van der Waals surface area contributed by atoms with Crippen molar-refractivity contribution < 1.29 is 28.4 Å². The fraction of sp³-hybridized carbons (Fsp3) is 0.400. The Hall–Kier alpha value is -3.33. The highest BCUT2D eigenvalue weighted by Crippen LogP contribution is 2.39.